The van der Waals surface area contributed by atoms with Gasteiger partial charge in [0.25, 0.3) is 5.56 Å². The van der Waals surface area contributed by atoms with Gasteiger partial charge in [-0.15, -0.1) is 0 Å². The number of phenols is 1. The molecule has 38 heavy (non-hydrogen) atoms. The van der Waals surface area contributed by atoms with Crippen LogP contribution in [0, 0.1) is 5.92 Å². The molecule has 0 bridgehead atoms. The Bertz CT molecular complexity index is 1440. The molecular formula is C32H34ClN3O2. The molecule has 2 heterocycles. The maximum absolute atomic E-state index is 13.4. The van der Waals surface area contributed by atoms with Gasteiger partial charge in [-0.05, 0) is 92.6 Å². The van der Waals surface area contributed by atoms with E-state index < -0.39 is 0 Å². The molecule has 6 heteroatoms. The number of benzene rings is 3. The Morgan fingerprint density at radius 2 is 1.68 bits per heavy atom. The van der Waals surface area contributed by atoms with Crippen LogP contribution in [0.3, 0.4) is 0 Å². The fourth-order valence-electron chi connectivity index (χ4n) is 5.30. The molecule has 0 saturated carbocycles. The zero-order valence-electron chi connectivity index (χ0n) is 21.6. The Labute approximate surface area is 229 Å². The van der Waals surface area contributed by atoms with Crippen LogP contribution in [0.4, 0.5) is 0 Å². The molecule has 0 spiro atoms. The van der Waals surface area contributed by atoms with E-state index in [1.165, 1.54) is 18.4 Å². The van der Waals surface area contributed by atoms with Gasteiger partial charge in [0, 0.05) is 18.1 Å². The molecule has 1 saturated heterocycles. The first kappa shape index (κ1) is 26.2. The fraction of sp³-hybridized carbons (Fsp3) is 0.312. The van der Waals surface area contributed by atoms with Crippen molar-refractivity contribution in [2.45, 2.75) is 38.6 Å². The number of hydrogen-bond donors (Lipinski definition) is 1. The molecule has 4 aromatic rings. The number of hydrogen-bond acceptors (Lipinski definition) is 4. The molecule has 0 radical (unpaired) electrons. The van der Waals surface area contributed by atoms with Gasteiger partial charge in [0.1, 0.15) is 17.1 Å². The summed E-state index contributed by atoms with van der Waals surface area (Å²) in [5, 5.41) is 11.5. The van der Waals surface area contributed by atoms with Crippen molar-refractivity contribution in [1.29, 1.82) is 0 Å². The smallest absolute Gasteiger partial charge is 0.261 e. The van der Waals surface area contributed by atoms with E-state index in [-0.39, 0.29) is 11.3 Å². The number of aromatic nitrogens is 2. The highest BCUT2D eigenvalue weighted by molar-refractivity contribution is 6.30. The average Bonchev–Trinajstić information content (AvgIpc) is 2.95. The second-order valence-electron chi connectivity index (χ2n) is 10.1. The molecule has 1 fully saturated rings. The van der Waals surface area contributed by atoms with Crippen LogP contribution in [0.1, 0.15) is 42.6 Å². The molecule has 5 nitrogen and oxygen atoms in total. The van der Waals surface area contributed by atoms with Crippen LogP contribution in [0.5, 0.6) is 5.75 Å². The monoisotopic (exact) mass is 527 g/mol. The first-order valence-corrected chi connectivity index (χ1v) is 13.9. The lowest BCUT2D eigenvalue weighted by Crippen LogP contribution is -2.35. The van der Waals surface area contributed by atoms with E-state index in [9.17, 15) is 9.90 Å². The van der Waals surface area contributed by atoms with E-state index in [1.807, 2.05) is 36.4 Å². The van der Waals surface area contributed by atoms with Gasteiger partial charge in [-0.25, -0.2) is 4.98 Å². The predicted octanol–water partition coefficient (Wildman–Crippen LogP) is 6.66. The molecule has 1 aliphatic heterocycles. The Balaban J connectivity index is 1.23. The van der Waals surface area contributed by atoms with Crippen LogP contribution in [0.25, 0.3) is 23.1 Å². The largest absolute Gasteiger partial charge is 0.506 e. The van der Waals surface area contributed by atoms with Gasteiger partial charge in [-0.1, -0.05) is 66.2 Å². The summed E-state index contributed by atoms with van der Waals surface area (Å²) in [4.78, 5) is 20.7. The van der Waals surface area contributed by atoms with Crippen molar-refractivity contribution in [3.8, 4) is 5.75 Å². The molecule has 1 N–H and O–H groups in total. The van der Waals surface area contributed by atoms with Crippen LogP contribution in [0.2, 0.25) is 5.02 Å². The highest BCUT2D eigenvalue weighted by Crippen LogP contribution is 2.24. The maximum Gasteiger partial charge on any atom is 0.261 e. The first-order valence-electron chi connectivity index (χ1n) is 13.5. The molecule has 3 aromatic carbocycles. The summed E-state index contributed by atoms with van der Waals surface area (Å²) >= 11 is 6.02. The van der Waals surface area contributed by atoms with Crippen molar-refractivity contribution >= 4 is 34.7 Å². The summed E-state index contributed by atoms with van der Waals surface area (Å²) in [5.41, 5.74) is 2.59. The lowest BCUT2D eigenvalue weighted by molar-refractivity contribution is 0.178. The molecule has 196 valence electrons. The summed E-state index contributed by atoms with van der Waals surface area (Å²) in [7, 11) is 0. The highest BCUT2D eigenvalue weighted by Gasteiger charge is 2.19. The van der Waals surface area contributed by atoms with Crippen molar-refractivity contribution in [3.63, 3.8) is 0 Å². The molecule has 1 aromatic heterocycles. The van der Waals surface area contributed by atoms with Crippen molar-refractivity contribution in [3.05, 3.63) is 105 Å². The fourth-order valence-corrected chi connectivity index (χ4v) is 5.43. The minimum atomic E-state index is -0.114. The van der Waals surface area contributed by atoms with Crippen LogP contribution in [-0.4, -0.2) is 39.2 Å². The van der Waals surface area contributed by atoms with E-state index in [0.717, 1.165) is 44.5 Å². The Kier molecular flexibility index (Phi) is 8.57. The standard InChI is InChI=1S/C32H34ClN3O2/c33-27-14-11-26(12-15-27)13-16-30-34-31-28(9-4-10-29(31)37)32(38)36(30)20-5-8-25-18-22-35(23-19-25)21-17-24-6-2-1-3-7-24/h1-4,6-7,9-16,25,37H,5,8,17-23H2/b16-13+. The van der Waals surface area contributed by atoms with Gasteiger partial charge in [-0.2, -0.15) is 0 Å². The van der Waals surface area contributed by atoms with Gasteiger partial charge < -0.3 is 10.0 Å². The Morgan fingerprint density at radius 3 is 2.45 bits per heavy atom. The lowest BCUT2D eigenvalue weighted by atomic mass is 9.92. The SMILES string of the molecule is O=c1c2cccc(O)c2nc(/C=C/c2ccc(Cl)cc2)n1CCCC1CCN(CCc2ccccc2)CC1. The van der Waals surface area contributed by atoms with Crippen LogP contribution < -0.4 is 5.56 Å². The normalized spacial score (nSPS) is 15.0. The van der Waals surface area contributed by atoms with E-state index in [2.05, 4.69) is 40.2 Å². The molecule has 0 amide bonds. The van der Waals surface area contributed by atoms with E-state index in [0.29, 0.717) is 34.2 Å². The van der Waals surface area contributed by atoms with Crippen LogP contribution in [0.15, 0.2) is 77.6 Å². The summed E-state index contributed by atoms with van der Waals surface area (Å²) in [5.74, 6) is 1.26. The Hall–Kier alpha value is -3.41. The van der Waals surface area contributed by atoms with E-state index in [4.69, 9.17) is 11.6 Å². The molecule has 5 rings (SSSR count). The number of nitrogens with zero attached hydrogens (tertiary/aromatic N) is 3. The number of fused-ring (bicyclic) bond motifs is 1. The number of aromatic hydroxyl groups is 1. The zero-order valence-corrected chi connectivity index (χ0v) is 22.4. The van der Waals surface area contributed by atoms with E-state index in [1.54, 1.807) is 22.8 Å². The average molecular weight is 528 g/mol. The number of likely N-dealkylation sites (tertiary alicyclic amines) is 1. The van der Waals surface area contributed by atoms with E-state index >= 15 is 0 Å². The topological polar surface area (TPSA) is 58.4 Å². The number of phenolic OH excluding ortho intramolecular Hbond substituents is 1. The molecule has 0 aliphatic carbocycles. The van der Waals surface area contributed by atoms with Crippen LogP contribution in [-0.2, 0) is 13.0 Å². The number of piperidine rings is 1. The number of para-hydroxylation sites is 1. The summed E-state index contributed by atoms with van der Waals surface area (Å²) in [6, 6.07) is 23.2. The van der Waals surface area contributed by atoms with Gasteiger partial charge in [-0.3, -0.25) is 9.36 Å². The lowest BCUT2D eigenvalue weighted by Gasteiger charge is -2.32. The number of rotatable bonds is 9. The maximum atomic E-state index is 13.4. The Morgan fingerprint density at radius 1 is 0.921 bits per heavy atom. The molecule has 0 atom stereocenters. The van der Waals surface area contributed by atoms with Gasteiger partial charge >= 0.3 is 0 Å². The first-order chi connectivity index (χ1) is 18.6. The van der Waals surface area contributed by atoms with Crippen molar-refractivity contribution < 1.29 is 5.11 Å². The van der Waals surface area contributed by atoms with Crippen molar-refractivity contribution in [2.24, 2.45) is 5.92 Å². The summed E-state index contributed by atoms with van der Waals surface area (Å²) < 4.78 is 1.75. The van der Waals surface area contributed by atoms with Crippen molar-refractivity contribution in [1.82, 2.24) is 14.5 Å². The minimum Gasteiger partial charge on any atom is -0.506 e. The second kappa shape index (κ2) is 12.4. The number of halogens is 1. The third-order valence-electron chi connectivity index (χ3n) is 7.55. The quantitative estimate of drug-likeness (QED) is 0.264. The molecule has 1 aliphatic rings. The molecular weight excluding hydrogens is 494 g/mol. The summed E-state index contributed by atoms with van der Waals surface area (Å²) in [6.07, 6.45) is 9.30. The minimum absolute atomic E-state index is 0.0203. The van der Waals surface area contributed by atoms with Gasteiger partial charge in [0.15, 0.2) is 0 Å². The highest BCUT2D eigenvalue weighted by atomic mass is 35.5. The van der Waals surface area contributed by atoms with Gasteiger partial charge in [0.05, 0.1) is 5.39 Å². The van der Waals surface area contributed by atoms with Crippen molar-refractivity contribution in [2.75, 3.05) is 19.6 Å². The van der Waals surface area contributed by atoms with Crippen LogP contribution >= 0.6 is 11.6 Å². The zero-order chi connectivity index (χ0) is 26.3. The third kappa shape index (κ3) is 6.53. The summed E-state index contributed by atoms with van der Waals surface area (Å²) in [6.45, 7) is 4.00. The molecule has 0 unspecified atom stereocenters. The third-order valence-corrected chi connectivity index (χ3v) is 7.80. The second-order valence-corrected chi connectivity index (χ2v) is 10.6. The predicted molar refractivity (Wildman–Crippen MR) is 157 cm³/mol. The van der Waals surface area contributed by atoms with Gasteiger partial charge in [0.2, 0.25) is 0 Å².